The summed E-state index contributed by atoms with van der Waals surface area (Å²) in [4.78, 5) is 14.1. The first-order valence-corrected chi connectivity index (χ1v) is 8.63. The summed E-state index contributed by atoms with van der Waals surface area (Å²) in [6.07, 6.45) is 2.51. The van der Waals surface area contributed by atoms with Gasteiger partial charge >= 0.3 is 0 Å². The summed E-state index contributed by atoms with van der Waals surface area (Å²) < 4.78 is 12.3. The van der Waals surface area contributed by atoms with Gasteiger partial charge in [0.2, 0.25) is 5.91 Å². The van der Waals surface area contributed by atoms with Crippen LogP contribution in [0.25, 0.3) is 5.65 Å². The molecule has 4 heterocycles. The third-order valence-electron chi connectivity index (χ3n) is 4.28. The van der Waals surface area contributed by atoms with E-state index in [1.807, 2.05) is 29.2 Å². The molecule has 3 aromatic rings. The molecular weight excluding hydrogens is 336 g/mol. The summed E-state index contributed by atoms with van der Waals surface area (Å²) in [6, 6.07) is 7.43. The summed E-state index contributed by atoms with van der Waals surface area (Å²) in [5.74, 6) is 2.29. The Hall–Kier alpha value is -2.94. The van der Waals surface area contributed by atoms with E-state index in [0.29, 0.717) is 63.0 Å². The second-order valence-electron chi connectivity index (χ2n) is 6.03. The Morgan fingerprint density at radius 3 is 2.88 bits per heavy atom. The number of aryl methyl sites for hydroxylation is 1. The van der Waals surface area contributed by atoms with Gasteiger partial charge in [0.15, 0.2) is 11.5 Å². The number of nitrogens with zero attached hydrogens (tertiary/aromatic N) is 5. The van der Waals surface area contributed by atoms with E-state index in [1.165, 1.54) is 0 Å². The van der Waals surface area contributed by atoms with Crippen molar-refractivity contribution in [1.29, 1.82) is 0 Å². The number of rotatable bonds is 6. The fourth-order valence-electron chi connectivity index (χ4n) is 2.86. The van der Waals surface area contributed by atoms with Crippen molar-refractivity contribution >= 4 is 17.4 Å². The summed E-state index contributed by atoms with van der Waals surface area (Å²) in [6.45, 7) is 3.05. The number of aromatic nitrogens is 4. The minimum absolute atomic E-state index is 0.108. The van der Waals surface area contributed by atoms with Crippen molar-refractivity contribution < 1.29 is 13.9 Å². The molecule has 1 aliphatic heterocycles. The fraction of sp³-hybridized carbons (Fsp3) is 0.412. The second kappa shape index (κ2) is 7.52. The Kier molecular flexibility index (Phi) is 4.78. The molecule has 0 bridgehead atoms. The molecule has 0 aliphatic carbocycles. The van der Waals surface area contributed by atoms with Crippen molar-refractivity contribution in [3.63, 3.8) is 0 Å². The third kappa shape index (κ3) is 3.67. The van der Waals surface area contributed by atoms with Gasteiger partial charge in [0.1, 0.15) is 11.6 Å². The number of morpholine rings is 1. The fourth-order valence-corrected chi connectivity index (χ4v) is 2.86. The Morgan fingerprint density at radius 1 is 1.19 bits per heavy atom. The Bertz CT molecular complexity index is 870. The average Bonchev–Trinajstić information content (AvgIpc) is 3.34. The van der Waals surface area contributed by atoms with Crippen LogP contribution in [0.15, 0.2) is 34.9 Å². The van der Waals surface area contributed by atoms with Crippen molar-refractivity contribution in [2.24, 2.45) is 0 Å². The molecule has 1 N–H and O–H groups in total. The van der Waals surface area contributed by atoms with Crippen LogP contribution in [-0.4, -0.2) is 56.9 Å². The van der Waals surface area contributed by atoms with Crippen LogP contribution in [0.5, 0.6) is 0 Å². The molecule has 4 rings (SSSR count). The van der Waals surface area contributed by atoms with E-state index in [0.717, 1.165) is 5.76 Å². The zero-order valence-electron chi connectivity index (χ0n) is 14.3. The van der Waals surface area contributed by atoms with Gasteiger partial charge in [-0.2, -0.15) is 4.52 Å². The number of fused-ring (bicyclic) bond motifs is 1. The van der Waals surface area contributed by atoms with Crippen molar-refractivity contribution in [3.8, 4) is 0 Å². The van der Waals surface area contributed by atoms with Crippen molar-refractivity contribution in [1.82, 2.24) is 24.7 Å². The van der Waals surface area contributed by atoms with Crippen LogP contribution in [0.4, 0.5) is 5.82 Å². The van der Waals surface area contributed by atoms with E-state index in [2.05, 4.69) is 20.6 Å². The van der Waals surface area contributed by atoms with Gasteiger partial charge in [-0.1, -0.05) is 0 Å². The van der Waals surface area contributed by atoms with E-state index >= 15 is 0 Å². The number of nitrogens with one attached hydrogen (secondary N) is 1. The maximum Gasteiger partial charge on any atom is 0.223 e. The van der Waals surface area contributed by atoms with Crippen LogP contribution >= 0.6 is 0 Å². The van der Waals surface area contributed by atoms with Crippen molar-refractivity contribution in [2.45, 2.75) is 19.4 Å². The first-order chi connectivity index (χ1) is 12.8. The molecule has 9 heteroatoms. The van der Waals surface area contributed by atoms with Crippen LogP contribution in [0.2, 0.25) is 0 Å². The molecule has 0 unspecified atom stereocenters. The number of hydrogen-bond donors (Lipinski definition) is 1. The minimum Gasteiger partial charge on any atom is -0.467 e. The van der Waals surface area contributed by atoms with Crippen LogP contribution in [0.3, 0.4) is 0 Å². The molecule has 0 atom stereocenters. The summed E-state index contributed by atoms with van der Waals surface area (Å²) in [7, 11) is 0. The molecule has 1 saturated heterocycles. The second-order valence-corrected chi connectivity index (χ2v) is 6.03. The van der Waals surface area contributed by atoms with Gasteiger partial charge in [0.25, 0.3) is 0 Å². The quantitative estimate of drug-likeness (QED) is 0.707. The first kappa shape index (κ1) is 16.5. The molecule has 136 valence electrons. The molecule has 9 nitrogen and oxygen atoms in total. The van der Waals surface area contributed by atoms with E-state index < -0.39 is 0 Å². The van der Waals surface area contributed by atoms with Crippen LogP contribution in [0, 0.1) is 0 Å². The lowest BCUT2D eigenvalue weighted by Crippen LogP contribution is -2.40. The number of carbonyl (C=O) groups excluding carboxylic acids is 1. The zero-order valence-corrected chi connectivity index (χ0v) is 14.3. The Labute approximate surface area is 149 Å². The summed E-state index contributed by atoms with van der Waals surface area (Å²) in [5, 5.41) is 16.0. The molecular formula is C17H20N6O3. The van der Waals surface area contributed by atoms with Gasteiger partial charge in [-0.3, -0.25) is 4.79 Å². The topological polar surface area (TPSA) is 97.8 Å². The van der Waals surface area contributed by atoms with Gasteiger partial charge in [0.05, 0.1) is 26.0 Å². The molecule has 0 radical (unpaired) electrons. The van der Waals surface area contributed by atoms with Gasteiger partial charge in [-0.05, 0) is 24.3 Å². The SMILES string of the molecule is O=C(CCc1nnc2ccc(NCc3ccco3)nn12)N1CCOCC1. The standard InChI is InChI=1S/C17H20N6O3/c24-17(22-7-10-25-11-8-22)6-5-16-20-19-15-4-3-14(21-23(15)16)18-12-13-2-1-9-26-13/h1-4,9H,5-8,10-12H2,(H,18,21). The summed E-state index contributed by atoms with van der Waals surface area (Å²) in [5.41, 5.74) is 0.655. The molecule has 1 fully saturated rings. The molecule has 3 aromatic heterocycles. The highest BCUT2D eigenvalue weighted by Gasteiger charge is 2.18. The maximum absolute atomic E-state index is 12.3. The highest BCUT2D eigenvalue weighted by atomic mass is 16.5. The highest BCUT2D eigenvalue weighted by Crippen LogP contribution is 2.11. The van der Waals surface area contributed by atoms with Crippen molar-refractivity contribution in [2.75, 3.05) is 31.6 Å². The summed E-state index contributed by atoms with van der Waals surface area (Å²) >= 11 is 0. The van der Waals surface area contributed by atoms with Crippen LogP contribution in [-0.2, 0) is 22.5 Å². The highest BCUT2D eigenvalue weighted by molar-refractivity contribution is 5.76. The van der Waals surface area contributed by atoms with Crippen LogP contribution in [0.1, 0.15) is 18.0 Å². The van der Waals surface area contributed by atoms with Crippen molar-refractivity contribution in [3.05, 3.63) is 42.1 Å². The number of hydrogen-bond acceptors (Lipinski definition) is 7. The smallest absolute Gasteiger partial charge is 0.223 e. The van der Waals surface area contributed by atoms with E-state index in [-0.39, 0.29) is 5.91 Å². The van der Waals surface area contributed by atoms with Gasteiger partial charge in [0, 0.05) is 25.9 Å². The molecule has 1 aliphatic rings. The Morgan fingerprint density at radius 2 is 2.08 bits per heavy atom. The van der Waals surface area contributed by atoms with Gasteiger partial charge < -0.3 is 19.4 Å². The van der Waals surface area contributed by atoms with E-state index in [1.54, 1.807) is 10.8 Å². The average molecular weight is 356 g/mol. The lowest BCUT2D eigenvalue weighted by Gasteiger charge is -2.26. The monoisotopic (exact) mass is 356 g/mol. The number of ether oxygens (including phenoxy) is 1. The number of carbonyl (C=O) groups is 1. The lowest BCUT2D eigenvalue weighted by atomic mass is 10.2. The van der Waals surface area contributed by atoms with Gasteiger partial charge in [-0.15, -0.1) is 15.3 Å². The predicted octanol–water partition coefficient (Wildman–Crippen LogP) is 1.12. The Balaban J connectivity index is 1.41. The largest absolute Gasteiger partial charge is 0.467 e. The number of furan rings is 1. The minimum atomic E-state index is 0.108. The molecule has 26 heavy (non-hydrogen) atoms. The number of amides is 1. The number of anilines is 1. The van der Waals surface area contributed by atoms with Crippen LogP contribution < -0.4 is 5.32 Å². The third-order valence-corrected chi connectivity index (χ3v) is 4.28. The predicted molar refractivity (Wildman–Crippen MR) is 92.5 cm³/mol. The molecule has 0 saturated carbocycles. The molecule has 1 amide bonds. The van der Waals surface area contributed by atoms with E-state index in [4.69, 9.17) is 9.15 Å². The molecule has 0 spiro atoms. The normalized spacial score (nSPS) is 14.7. The zero-order chi connectivity index (χ0) is 17.8. The molecule has 0 aromatic carbocycles. The maximum atomic E-state index is 12.3. The first-order valence-electron chi connectivity index (χ1n) is 8.63. The lowest BCUT2D eigenvalue weighted by molar-refractivity contribution is -0.135. The van der Waals surface area contributed by atoms with Gasteiger partial charge in [-0.25, -0.2) is 0 Å². The van der Waals surface area contributed by atoms with E-state index in [9.17, 15) is 4.79 Å².